The highest BCUT2D eigenvalue weighted by Gasteiger charge is 2.40. The largest absolute Gasteiger partial charge is 0.487 e. The van der Waals surface area contributed by atoms with Gasteiger partial charge in [-0.3, -0.25) is 0 Å². The number of fused-ring (bicyclic) bond motifs is 1. The molecule has 4 rings (SSSR count). The van der Waals surface area contributed by atoms with Crippen molar-refractivity contribution in [2.24, 2.45) is 18.9 Å². The van der Waals surface area contributed by atoms with Crippen LogP contribution in [0.4, 0.5) is 0 Å². The summed E-state index contributed by atoms with van der Waals surface area (Å²) >= 11 is 0. The number of nitrogens with zero attached hydrogens (tertiary/aromatic N) is 2. The van der Waals surface area contributed by atoms with E-state index >= 15 is 0 Å². The lowest BCUT2D eigenvalue weighted by Gasteiger charge is -2.35. The number of aryl methyl sites for hydroxylation is 1. The quantitative estimate of drug-likeness (QED) is 0.907. The lowest BCUT2D eigenvalue weighted by molar-refractivity contribution is -0.0229. The number of aromatic nitrogens is 2. The summed E-state index contributed by atoms with van der Waals surface area (Å²) in [5, 5.41) is 13.9. The molecule has 0 bridgehead atoms. The van der Waals surface area contributed by atoms with Crippen LogP contribution in [0.3, 0.4) is 0 Å². The third-order valence-corrected chi connectivity index (χ3v) is 5.22. The zero-order valence-electron chi connectivity index (χ0n) is 13.4. The Kier molecular flexibility index (Phi) is 3.83. The molecular formula is C18H23N3O2. The number of ether oxygens (including phenoxy) is 1. The minimum Gasteiger partial charge on any atom is -0.487 e. The molecule has 5 heteroatoms. The smallest absolute Gasteiger partial charge is 0.143 e. The number of nitrogens with one attached hydrogen (secondary N) is 1. The lowest BCUT2D eigenvalue weighted by Crippen LogP contribution is -2.42. The van der Waals surface area contributed by atoms with E-state index in [0.29, 0.717) is 11.8 Å². The molecule has 23 heavy (non-hydrogen) atoms. The standard InChI is InChI=1S/C18H23N3O2/c1-21-7-6-20-18(21)14-4-2-3-5-16(14)23-17-9-13-11-19-10-12(13)8-15(17)22/h2-7,12-13,15,17,19,22H,8-11H2,1H3/t12-,13+,15+,17+/m0/s1. The van der Waals surface area contributed by atoms with Crippen molar-refractivity contribution in [3.63, 3.8) is 0 Å². The fraction of sp³-hybridized carbons (Fsp3) is 0.500. The normalized spacial score (nSPS) is 30.2. The van der Waals surface area contributed by atoms with Gasteiger partial charge in [0.05, 0.1) is 11.7 Å². The van der Waals surface area contributed by atoms with Crippen molar-refractivity contribution in [1.29, 1.82) is 0 Å². The molecule has 1 saturated heterocycles. The minimum absolute atomic E-state index is 0.141. The number of aliphatic hydroxyl groups excluding tert-OH is 1. The first-order valence-electron chi connectivity index (χ1n) is 8.34. The highest BCUT2D eigenvalue weighted by atomic mass is 16.5. The van der Waals surface area contributed by atoms with Gasteiger partial charge in [0, 0.05) is 19.4 Å². The van der Waals surface area contributed by atoms with Crippen LogP contribution in [0.5, 0.6) is 5.75 Å². The first-order valence-corrected chi connectivity index (χ1v) is 8.34. The Morgan fingerprint density at radius 3 is 2.78 bits per heavy atom. The van der Waals surface area contributed by atoms with Crippen molar-refractivity contribution >= 4 is 0 Å². The predicted molar refractivity (Wildman–Crippen MR) is 88.2 cm³/mol. The van der Waals surface area contributed by atoms with Crippen molar-refractivity contribution in [3.05, 3.63) is 36.7 Å². The highest BCUT2D eigenvalue weighted by Crippen LogP contribution is 2.37. The molecule has 4 atom stereocenters. The number of benzene rings is 1. The number of imidazole rings is 1. The monoisotopic (exact) mass is 313 g/mol. The van der Waals surface area contributed by atoms with Gasteiger partial charge in [0.1, 0.15) is 17.7 Å². The Bertz CT molecular complexity index is 684. The zero-order valence-corrected chi connectivity index (χ0v) is 13.4. The highest BCUT2D eigenvalue weighted by molar-refractivity contribution is 5.64. The molecule has 0 radical (unpaired) electrons. The van der Waals surface area contributed by atoms with E-state index in [1.54, 1.807) is 6.20 Å². The van der Waals surface area contributed by atoms with E-state index in [-0.39, 0.29) is 6.10 Å². The third kappa shape index (κ3) is 2.75. The SMILES string of the molecule is Cn1ccnc1-c1ccccc1O[C@@H]1C[C@@H]2CNC[C@@H]2C[C@H]1O. The van der Waals surface area contributed by atoms with E-state index in [1.807, 2.05) is 42.1 Å². The molecule has 0 unspecified atom stereocenters. The van der Waals surface area contributed by atoms with Gasteiger partial charge >= 0.3 is 0 Å². The maximum absolute atomic E-state index is 10.5. The van der Waals surface area contributed by atoms with E-state index in [1.165, 1.54) is 0 Å². The van der Waals surface area contributed by atoms with E-state index < -0.39 is 6.10 Å². The number of aliphatic hydroxyl groups is 1. The summed E-state index contributed by atoms with van der Waals surface area (Å²) in [4.78, 5) is 4.42. The number of rotatable bonds is 3. The first-order chi connectivity index (χ1) is 11.2. The molecule has 1 aromatic carbocycles. The molecular weight excluding hydrogens is 290 g/mol. The van der Waals surface area contributed by atoms with Crippen molar-refractivity contribution in [2.45, 2.75) is 25.0 Å². The van der Waals surface area contributed by atoms with Crippen molar-refractivity contribution in [3.8, 4) is 17.1 Å². The fourth-order valence-electron chi connectivity index (χ4n) is 3.93. The van der Waals surface area contributed by atoms with Crippen LogP contribution in [-0.2, 0) is 7.05 Å². The first kappa shape index (κ1) is 14.7. The van der Waals surface area contributed by atoms with Crippen LogP contribution in [0.25, 0.3) is 11.4 Å². The van der Waals surface area contributed by atoms with Gasteiger partial charge in [0.2, 0.25) is 0 Å². The van der Waals surface area contributed by atoms with Crippen LogP contribution in [0, 0.1) is 11.8 Å². The molecule has 122 valence electrons. The van der Waals surface area contributed by atoms with Gasteiger partial charge < -0.3 is 19.7 Å². The second-order valence-corrected chi connectivity index (χ2v) is 6.73. The molecule has 1 aliphatic carbocycles. The molecule has 0 spiro atoms. The van der Waals surface area contributed by atoms with E-state index in [9.17, 15) is 5.11 Å². The average Bonchev–Trinajstić information content (AvgIpc) is 3.17. The average molecular weight is 313 g/mol. The van der Waals surface area contributed by atoms with E-state index in [4.69, 9.17) is 4.74 Å². The third-order valence-electron chi connectivity index (χ3n) is 5.22. The topological polar surface area (TPSA) is 59.3 Å². The second kappa shape index (κ2) is 5.98. The maximum Gasteiger partial charge on any atom is 0.143 e. The minimum atomic E-state index is -0.398. The molecule has 2 heterocycles. The van der Waals surface area contributed by atoms with Crippen LogP contribution in [0.2, 0.25) is 0 Å². The van der Waals surface area contributed by atoms with E-state index in [2.05, 4.69) is 10.3 Å². The van der Waals surface area contributed by atoms with Gasteiger partial charge in [-0.1, -0.05) is 12.1 Å². The summed E-state index contributed by atoms with van der Waals surface area (Å²) in [6, 6.07) is 7.95. The van der Waals surface area contributed by atoms with Crippen LogP contribution in [0.1, 0.15) is 12.8 Å². The van der Waals surface area contributed by atoms with Crippen LogP contribution >= 0.6 is 0 Å². The van der Waals surface area contributed by atoms with Gasteiger partial charge in [-0.2, -0.15) is 0 Å². The Labute approximate surface area is 136 Å². The predicted octanol–water partition coefficient (Wildman–Crippen LogP) is 1.82. The molecule has 2 fully saturated rings. The molecule has 1 aliphatic heterocycles. The number of para-hydroxylation sites is 1. The van der Waals surface area contributed by atoms with E-state index in [0.717, 1.165) is 43.1 Å². The van der Waals surface area contributed by atoms with Gasteiger partial charge in [-0.25, -0.2) is 4.98 Å². The van der Waals surface area contributed by atoms with Crippen LogP contribution < -0.4 is 10.1 Å². The van der Waals surface area contributed by atoms with Gasteiger partial charge in [0.15, 0.2) is 0 Å². The van der Waals surface area contributed by atoms with Crippen molar-refractivity contribution < 1.29 is 9.84 Å². The summed E-state index contributed by atoms with van der Waals surface area (Å²) in [5.41, 5.74) is 0.971. The van der Waals surface area contributed by atoms with Gasteiger partial charge in [-0.15, -0.1) is 0 Å². The Morgan fingerprint density at radius 2 is 2.00 bits per heavy atom. The molecule has 2 N–H and O–H groups in total. The molecule has 1 saturated carbocycles. The number of hydrogen-bond acceptors (Lipinski definition) is 4. The van der Waals surface area contributed by atoms with Gasteiger partial charge in [0.25, 0.3) is 0 Å². The Balaban J connectivity index is 1.58. The summed E-state index contributed by atoms with van der Waals surface area (Å²) < 4.78 is 8.24. The summed E-state index contributed by atoms with van der Waals surface area (Å²) in [6.07, 6.45) is 4.91. The molecule has 1 aromatic heterocycles. The molecule has 0 amide bonds. The summed E-state index contributed by atoms with van der Waals surface area (Å²) in [5.74, 6) is 2.89. The van der Waals surface area contributed by atoms with Crippen molar-refractivity contribution in [1.82, 2.24) is 14.9 Å². The Morgan fingerprint density at radius 1 is 1.22 bits per heavy atom. The zero-order chi connectivity index (χ0) is 15.8. The van der Waals surface area contributed by atoms with Crippen LogP contribution in [-0.4, -0.2) is 40.0 Å². The Hall–Kier alpha value is -1.85. The molecule has 2 aromatic rings. The second-order valence-electron chi connectivity index (χ2n) is 6.73. The fourth-order valence-corrected chi connectivity index (χ4v) is 3.93. The summed E-state index contributed by atoms with van der Waals surface area (Å²) in [6.45, 7) is 2.07. The maximum atomic E-state index is 10.5. The van der Waals surface area contributed by atoms with Crippen molar-refractivity contribution in [2.75, 3.05) is 13.1 Å². The van der Waals surface area contributed by atoms with Crippen LogP contribution in [0.15, 0.2) is 36.7 Å². The summed E-state index contributed by atoms with van der Waals surface area (Å²) in [7, 11) is 1.98. The lowest BCUT2D eigenvalue weighted by atomic mass is 9.78. The molecule has 5 nitrogen and oxygen atoms in total. The molecule has 2 aliphatic rings. The van der Waals surface area contributed by atoms with Gasteiger partial charge in [-0.05, 0) is 49.9 Å². The number of hydrogen-bond donors (Lipinski definition) is 2.